The zero-order chi connectivity index (χ0) is 10.3. The van der Waals surface area contributed by atoms with Crippen molar-refractivity contribution in [2.75, 3.05) is 7.05 Å². The Morgan fingerprint density at radius 2 is 1.92 bits per heavy atom. The SMILES string of the molecule is CN(C(C)(C)C#N)S(=O)(=O)C1CC1. The summed E-state index contributed by atoms with van der Waals surface area (Å²) in [7, 11) is -1.76. The molecular weight excluding hydrogens is 188 g/mol. The Labute approximate surface area is 79.2 Å². The Morgan fingerprint density at radius 3 is 2.23 bits per heavy atom. The monoisotopic (exact) mass is 202 g/mol. The van der Waals surface area contributed by atoms with Gasteiger partial charge in [0.1, 0.15) is 5.54 Å². The molecule has 13 heavy (non-hydrogen) atoms. The fourth-order valence-corrected chi connectivity index (χ4v) is 2.83. The minimum Gasteiger partial charge on any atom is -0.212 e. The highest BCUT2D eigenvalue weighted by molar-refractivity contribution is 7.90. The molecule has 5 heteroatoms. The van der Waals surface area contributed by atoms with Crippen LogP contribution in [-0.2, 0) is 10.0 Å². The molecule has 0 saturated heterocycles. The van der Waals surface area contributed by atoms with Crippen LogP contribution in [0.2, 0.25) is 0 Å². The van der Waals surface area contributed by atoms with Gasteiger partial charge in [-0.15, -0.1) is 0 Å². The summed E-state index contributed by atoms with van der Waals surface area (Å²) in [4.78, 5) is 0. The second-order valence-electron chi connectivity index (χ2n) is 3.88. The second kappa shape index (κ2) is 2.96. The molecule has 0 atom stereocenters. The highest BCUT2D eigenvalue weighted by atomic mass is 32.2. The molecule has 0 amide bonds. The Balaban J connectivity index is 2.90. The molecule has 0 spiro atoms. The lowest BCUT2D eigenvalue weighted by Gasteiger charge is -2.27. The molecule has 1 fully saturated rings. The van der Waals surface area contributed by atoms with Crippen molar-refractivity contribution < 1.29 is 8.42 Å². The van der Waals surface area contributed by atoms with E-state index in [1.807, 2.05) is 6.07 Å². The van der Waals surface area contributed by atoms with E-state index in [-0.39, 0.29) is 5.25 Å². The van der Waals surface area contributed by atoms with Crippen molar-refractivity contribution in [1.29, 1.82) is 5.26 Å². The van der Waals surface area contributed by atoms with Gasteiger partial charge in [0.25, 0.3) is 0 Å². The Kier molecular flexibility index (Phi) is 2.39. The van der Waals surface area contributed by atoms with Gasteiger partial charge in [-0.1, -0.05) is 0 Å². The number of nitriles is 1. The van der Waals surface area contributed by atoms with Crippen molar-refractivity contribution in [3.8, 4) is 6.07 Å². The van der Waals surface area contributed by atoms with Gasteiger partial charge in [-0.05, 0) is 26.7 Å². The van der Waals surface area contributed by atoms with Gasteiger partial charge in [0.05, 0.1) is 11.3 Å². The molecule has 0 bridgehead atoms. The zero-order valence-electron chi connectivity index (χ0n) is 8.11. The van der Waals surface area contributed by atoms with Crippen molar-refractivity contribution in [3.05, 3.63) is 0 Å². The van der Waals surface area contributed by atoms with Crippen molar-refractivity contribution in [2.45, 2.75) is 37.5 Å². The lowest BCUT2D eigenvalue weighted by atomic mass is 10.1. The Morgan fingerprint density at radius 1 is 1.46 bits per heavy atom. The molecule has 1 aliphatic rings. The minimum atomic E-state index is -3.22. The first-order chi connectivity index (χ1) is 5.82. The highest BCUT2D eigenvalue weighted by Gasteiger charge is 2.43. The van der Waals surface area contributed by atoms with Crippen LogP contribution in [0, 0.1) is 11.3 Å². The third-order valence-corrected chi connectivity index (χ3v) is 4.92. The van der Waals surface area contributed by atoms with Crippen LogP contribution in [-0.4, -0.2) is 30.6 Å². The van der Waals surface area contributed by atoms with Gasteiger partial charge in [-0.3, -0.25) is 0 Å². The van der Waals surface area contributed by atoms with E-state index in [9.17, 15) is 8.42 Å². The number of hydrogen-bond donors (Lipinski definition) is 0. The van der Waals surface area contributed by atoms with Crippen LogP contribution in [0.3, 0.4) is 0 Å². The first kappa shape index (κ1) is 10.5. The molecule has 0 aromatic heterocycles. The summed E-state index contributed by atoms with van der Waals surface area (Å²) in [6.45, 7) is 3.21. The molecule has 0 aliphatic heterocycles. The normalized spacial score (nSPS) is 18.7. The largest absolute Gasteiger partial charge is 0.218 e. The Bertz CT molecular complexity index is 336. The van der Waals surface area contributed by atoms with Gasteiger partial charge in [0.15, 0.2) is 0 Å². The van der Waals surface area contributed by atoms with Crippen molar-refractivity contribution in [3.63, 3.8) is 0 Å². The molecule has 0 heterocycles. The fraction of sp³-hybridized carbons (Fsp3) is 0.875. The van der Waals surface area contributed by atoms with Crippen molar-refractivity contribution in [1.82, 2.24) is 4.31 Å². The third-order valence-electron chi connectivity index (χ3n) is 2.39. The maximum Gasteiger partial charge on any atom is 0.218 e. The molecule has 0 N–H and O–H groups in total. The third kappa shape index (κ3) is 1.84. The maximum atomic E-state index is 11.7. The van der Waals surface area contributed by atoms with Crippen LogP contribution < -0.4 is 0 Å². The van der Waals surface area contributed by atoms with E-state index in [1.165, 1.54) is 11.4 Å². The number of sulfonamides is 1. The van der Waals surface area contributed by atoms with Gasteiger partial charge in [0.2, 0.25) is 10.0 Å². The van der Waals surface area contributed by atoms with Gasteiger partial charge in [0, 0.05) is 7.05 Å². The van der Waals surface area contributed by atoms with Crippen LogP contribution >= 0.6 is 0 Å². The molecule has 0 aromatic rings. The summed E-state index contributed by atoms with van der Waals surface area (Å²) < 4.78 is 24.5. The minimum absolute atomic E-state index is 0.245. The quantitative estimate of drug-likeness (QED) is 0.677. The van der Waals surface area contributed by atoms with E-state index in [1.54, 1.807) is 13.8 Å². The van der Waals surface area contributed by atoms with E-state index in [4.69, 9.17) is 5.26 Å². The average Bonchev–Trinajstić information content (AvgIpc) is 2.85. The molecule has 0 unspecified atom stereocenters. The zero-order valence-corrected chi connectivity index (χ0v) is 8.93. The molecule has 1 aliphatic carbocycles. The second-order valence-corrected chi connectivity index (χ2v) is 6.13. The molecule has 0 radical (unpaired) electrons. The van der Waals surface area contributed by atoms with Gasteiger partial charge in [-0.2, -0.15) is 9.57 Å². The summed E-state index contributed by atoms with van der Waals surface area (Å²) in [5.74, 6) is 0. The maximum absolute atomic E-state index is 11.7. The first-order valence-corrected chi connectivity index (χ1v) is 5.72. The van der Waals surface area contributed by atoms with E-state index < -0.39 is 15.6 Å². The van der Waals surface area contributed by atoms with Crippen LogP contribution in [0.15, 0.2) is 0 Å². The number of hydrogen-bond acceptors (Lipinski definition) is 3. The molecule has 4 nitrogen and oxygen atoms in total. The van der Waals surface area contributed by atoms with Crippen LogP contribution in [0.25, 0.3) is 0 Å². The summed E-state index contributed by atoms with van der Waals surface area (Å²) in [6.07, 6.45) is 1.46. The predicted octanol–water partition coefficient (Wildman–Crippen LogP) is 0.713. The van der Waals surface area contributed by atoms with E-state index in [0.717, 1.165) is 12.8 Å². The highest BCUT2D eigenvalue weighted by Crippen LogP contribution is 2.33. The topological polar surface area (TPSA) is 61.2 Å². The smallest absolute Gasteiger partial charge is 0.212 e. The summed E-state index contributed by atoms with van der Waals surface area (Å²) >= 11 is 0. The predicted molar refractivity (Wildman–Crippen MR) is 49.4 cm³/mol. The fourth-order valence-electron chi connectivity index (χ4n) is 0.978. The standard InChI is InChI=1S/C8H14N2O2S/c1-8(2,6-9)10(3)13(11,12)7-4-5-7/h7H,4-5H2,1-3H3. The lowest BCUT2D eigenvalue weighted by molar-refractivity contribution is 0.336. The van der Waals surface area contributed by atoms with Crippen LogP contribution in [0.4, 0.5) is 0 Å². The average molecular weight is 202 g/mol. The van der Waals surface area contributed by atoms with E-state index in [2.05, 4.69) is 0 Å². The summed E-state index contributed by atoms with van der Waals surface area (Å²) in [6, 6.07) is 1.98. The first-order valence-electron chi connectivity index (χ1n) is 4.21. The molecule has 1 rings (SSSR count). The van der Waals surface area contributed by atoms with Crippen molar-refractivity contribution in [2.24, 2.45) is 0 Å². The molecule has 1 saturated carbocycles. The van der Waals surface area contributed by atoms with Crippen LogP contribution in [0.1, 0.15) is 26.7 Å². The van der Waals surface area contributed by atoms with Crippen LogP contribution in [0.5, 0.6) is 0 Å². The molecular formula is C8H14N2O2S. The summed E-state index contributed by atoms with van der Waals surface area (Å²) in [5.41, 5.74) is -0.943. The Hall–Kier alpha value is -0.600. The summed E-state index contributed by atoms with van der Waals surface area (Å²) in [5, 5.41) is 8.53. The van der Waals surface area contributed by atoms with Crippen molar-refractivity contribution >= 4 is 10.0 Å². The van der Waals surface area contributed by atoms with E-state index >= 15 is 0 Å². The van der Waals surface area contributed by atoms with E-state index in [0.29, 0.717) is 0 Å². The number of nitrogens with zero attached hydrogens (tertiary/aromatic N) is 2. The molecule has 0 aromatic carbocycles. The lowest BCUT2D eigenvalue weighted by Crippen LogP contribution is -2.45. The molecule has 74 valence electrons. The van der Waals surface area contributed by atoms with Gasteiger partial charge in [-0.25, -0.2) is 8.42 Å². The van der Waals surface area contributed by atoms with Gasteiger partial charge >= 0.3 is 0 Å². The van der Waals surface area contributed by atoms with Gasteiger partial charge < -0.3 is 0 Å². The number of rotatable bonds is 3.